The van der Waals surface area contributed by atoms with Crippen molar-refractivity contribution in [2.24, 2.45) is 5.73 Å². The molecule has 4 N–H and O–H groups in total. The summed E-state index contributed by atoms with van der Waals surface area (Å²) in [7, 11) is 0. The van der Waals surface area contributed by atoms with Crippen LogP contribution >= 0.6 is 23.8 Å². The number of urea groups is 1. The van der Waals surface area contributed by atoms with Gasteiger partial charge in [-0.1, -0.05) is 36.0 Å². The van der Waals surface area contributed by atoms with E-state index in [9.17, 15) is 4.79 Å². The third-order valence-electron chi connectivity index (χ3n) is 1.78. The summed E-state index contributed by atoms with van der Waals surface area (Å²) in [6.07, 6.45) is 0.477. The molecule has 0 fully saturated rings. The summed E-state index contributed by atoms with van der Waals surface area (Å²) in [5, 5.41) is 5.72. The molecule has 0 saturated heterocycles. The fourth-order valence-corrected chi connectivity index (χ4v) is 1.31. The van der Waals surface area contributed by atoms with E-state index in [1.54, 1.807) is 24.3 Å². The smallest absolute Gasteiger partial charge is 0.319 e. The number of hydrogen-bond donors (Lipinski definition) is 3. The van der Waals surface area contributed by atoms with Gasteiger partial charge in [-0.2, -0.15) is 0 Å². The van der Waals surface area contributed by atoms with Gasteiger partial charge in [-0.3, -0.25) is 0 Å². The molecule has 0 atom stereocenters. The van der Waals surface area contributed by atoms with Gasteiger partial charge in [-0.25, -0.2) is 4.79 Å². The van der Waals surface area contributed by atoms with Gasteiger partial charge in [0.2, 0.25) is 0 Å². The van der Waals surface area contributed by atoms with Crippen molar-refractivity contribution >= 4 is 40.5 Å². The molecule has 4 nitrogen and oxygen atoms in total. The second kappa shape index (κ2) is 6.30. The number of thiocarbonyl (C=S) groups is 1. The van der Waals surface area contributed by atoms with E-state index in [-0.39, 0.29) is 6.03 Å². The van der Waals surface area contributed by atoms with Crippen molar-refractivity contribution in [2.45, 2.75) is 6.42 Å². The fraction of sp³-hybridized carbons (Fsp3) is 0.200. The highest BCUT2D eigenvalue weighted by Crippen LogP contribution is 2.19. The van der Waals surface area contributed by atoms with Crippen molar-refractivity contribution in [3.05, 3.63) is 29.3 Å². The maximum atomic E-state index is 11.4. The van der Waals surface area contributed by atoms with E-state index in [4.69, 9.17) is 17.3 Å². The van der Waals surface area contributed by atoms with Crippen LogP contribution in [-0.4, -0.2) is 17.6 Å². The number of carbonyl (C=O) groups excluding carboxylic acids is 1. The molecule has 86 valence electrons. The van der Waals surface area contributed by atoms with E-state index in [0.717, 1.165) is 0 Å². The van der Waals surface area contributed by atoms with Crippen LogP contribution in [0.25, 0.3) is 0 Å². The first-order valence-electron chi connectivity index (χ1n) is 4.67. The normalized spacial score (nSPS) is 9.56. The average molecular weight is 258 g/mol. The first-order valence-corrected chi connectivity index (χ1v) is 5.46. The second-order valence-electron chi connectivity index (χ2n) is 3.08. The molecule has 0 aliphatic rings. The maximum Gasteiger partial charge on any atom is 0.319 e. The molecule has 1 aromatic rings. The minimum Gasteiger partial charge on any atom is -0.393 e. The Labute approximate surface area is 104 Å². The molecule has 0 bridgehead atoms. The number of hydrogen-bond acceptors (Lipinski definition) is 2. The van der Waals surface area contributed by atoms with Gasteiger partial charge in [-0.15, -0.1) is 0 Å². The Morgan fingerprint density at radius 1 is 1.44 bits per heavy atom. The molecule has 2 amide bonds. The molecular formula is C10H12ClN3OS. The predicted molar refractivity (Wildman–Crippen MR) is 69.9 cm³/mol. The van der Waals surface area contributed by atoms with Crippen LogP contribution in [0.15, 0.2) is 24.3 Å². The van der Waals surface area contributed by atoms with E-state index < -0.39 is 0 Å². The van der Waals surface area contributed by atoms with Gasteiger partial charge >= 0.3 is 6.03 Å². The Balaban J connectivity index is 2.40. The van der Waals surface area contributed by atoms with Crippen LogP contribution in [0.3, 0.4) is 0 Å². The Hall–Kier alpha value is -1.33. The van der Waals surface area contributed by atoms with Crippen LogP contribution in [0.5, 0.6) is 0 Å². The first kappa shape index (κ1) is 12.7. The minimum atomic E-state index is -0.329. The molecule has 0 saturated carbocycles. The number of benzene rings is 1. The molecule has 0 unspecified atom stereocenters. The molecule has 6 heteroatoms. The highest BCUT2D eigenvalue weighted by atomic mass is 35.5. The molecule has 0 aromatic heterocycles. The van der Waals surface area contributed by atoms with Crippen LogP contribution in [0.4, 0.5) is 10.5 Å². The summed E-state index contributed by atoms with van der Waals surface area (Å²) in [6, 6.07) is 6.67. The van der Waals surface area contributed by atoms with Gasteiger partial charge in [0.25, 0.3) is 0 Å². The SMILES string of the molecule is NC(=S)CCNC(=O)Nc1ccccc1Cl. The van der Waals surface area contributed by atoms with Crippen molar-refractivity contribution < 1.29 is 4.79 Å². The van der Waals surface area contributed by atoms with Crippen molar-refractivity contribution in [1.82, 2.24) is 5.32 Å². The molecule has 1 rings (SSSR count). The quantitative estimate of drug-likeness (QED) is 0.724. The molecule has 16 heavy (non-hydrogen) atoms. The van der Waals surface area contributed by atoms with Gasteiger partial charge in [-0.05, 0) is 12.1 Å². The van der Waals surface area contributed by atoms with Crippen molar-refractivity contribution in [3.63, 3.8) is 0 Å². The lowest BCUT2D eigenvalue weighted by Crippen LogP contribution is -2.31. The highest BCUT2D eigenvalue weighted by molar-refractivity contribution is 7.80. The second-order valence-corrected chi connectivity index (χ2v) is 4.01. The number of amides is 2. The number of carbonyl (C=O) groups is 1. The molecular weight excluding hydrogens is 246 g/mol. The first-order chi connectivity index (χ1) is 7.59. The fourth-order valence-electron chi connectivity index (χ4n) is 1.03. The van der Waals surface area contributed by atoms with E-state index in [2.05, 4.69) is 22.9 Å². The summed E-state index contributed by atoms with van der Waals surface area (Å²) in [6.45, 7) is 0.408. The number of nitrogens with two attached hydrogens (primary N) is 1. The van der Waals surface area contributed by atoms with Crippen LogP contribution in [0.2, 0.25) is 5.02 Å². The lowest BCUT2D eigenvalue weighted by Gasteiger charge is -2.08. The van der Waals surface area contributed by atoms with Gasteiger partial charge in [0.05, 0.1) is 15.7 Å². The Kier molecular flexibility index (Phi) is 5.01. The highest BCUT2D eigenvalue weighted by Gasteiger charge is 2.03. The summed E-state index contributed by atoms with van der Waals surface area (Å²) in [5.74, 6) is 0. The van der Waals surface area contributed by atoms with E-state index in [1.807, 2.05) is 0 Å². The monoisotopic (exact) mass is 257 g/mol. The van der Waals surface area contributed by atoms with Gasteiger partial charge in [0.15, 0.2) is 0 Å². The molecule has 0 spiro atoms. The Morgan fingerprint density at radius 2 is 2.12 bits per heavy atom. The summed E-state index contributed by atoms with van der Waals surface area (Å²) >= 11 is 10.6. The molecule has 0 aliphatic carbocycles. The van der Waals surface area contributed by atoms with Crippen molar-refractivity contribution in [2.75, 3.05) is 11.9 Å². The number of halogens is 1. The van der Waals surface area contributed by atoms with Crippen LogP contribution in [0.1, 0.15) is 6.42 Å². The molecule has 0 aliphatic heterocycles. The van der Waals surface area contributed by atoms with Crippen LogP contribution in [0, 0.1) is 0 Å². The molecule has 0 heterocycles. The lowest BCUT2D eigenvalue weighted by molar-refractivity contribution is 0.252. The van der Waals surface area contributed by atoms with Gasteiger partial charge in [0, 0.05) is 13.0 Å². The zero-order valence-corrected chi connectivity index (χ0v) is 10.1. The largest absolute Gasteiger partial charge is 0.393 e. The summed E-state index contributed by atoms with van der Waals surface area (Å²) in [5.41, 5.74) is 5.86. The summed E-state index contributed by atoms with van der Waals surface area (Å²) < 4.78 is 0. The number of anilines is 1. The van der Waals surface area contributed by atoms with E-state index >= 15 is 0 Å². The van der Waals surface area contributed by atoms with Crippen LogP contribution in [-0.2, 0) is 0 Å². The van der Waals surface area contributed by atoms with Crippen molar-refractivity contribution in [3.8, 4) is 0 Å². The Bertz CT molecular complexity index is 397. The lowest BCUT2D eigenvalue weighted by atomic mass is 10.3. The standard InChI is InChI=1S/C10H12ClN3OS/c11-7-3-1-2-4-8(7)14-10(15)13-6-5-9(12)16/h1-4H,5-6H2,(H2,12,16)(H2,13,14,15). The predicted octanol–water partition coefficient (Wildman–Crippen LogP) is 2.14. The third-order valence-corrected chi connectivity index (χ3v) is 2.31. The summed E-state index contributed by atoms with van der Waals surface area (Å²) in [4.78, 5) is 11.8. The zero-order chi connectivity index (χ0) is 12.0. The zero-order valence-electron chi connectivity index (χ0n) is 8.50. The average Bonchev–Trinajstić information content (AvgIpc) is 2.21. The third kappa shape index (κ3) is 4.46. The topological polar surface area (TPSA) is 67.1 Å². The van der Waals surface area contributed by atoms with Crippen LogP contribution < -0.4 is 16.4 Å². The maximum absolute atomic E-state index is 11.4. The number of para-hydroxylation sites is 1. The van der Waals surface area contributed by atoms with E-state index in [0.29, 0.717) is 28.7 Å². The van der Waals surface area contributed by atoms with Gasteiger partial charge < -0.3 is 16.4 Å². The molecule has 1 aromatic carbocycles. The minimum absolute atomic E-state index is 0.329. The number of nitrogens with one attached hydrogen (secondary N) is 2. The Morgan fingerprint density at radius 3 is 2.75 bits per heavy atom. The van der Waals surface area contributed by atoms with Crippen molar-refractivity contribution in [1.29, 1.82) is 0 Å². The molecule has 0 radical (unpaired) electrons. The number of rotatable bonds is 4. The van der Waals surface area contributed by atoms with Gasteiger partial charge in [0.1, 0.15) is 0 Å². The van der Waals surface area contributed by atoms with E-state index in [1.165, 1.54) is 0 Å².